The molecule has 3 N–H and O–H groups in total. The summed E-state index contributed by atoms with van der Waals surface area (Å²) in [6.07, 6.45) is 3.05. The first-order chi connectivity index (χ1) is 15.5. The van der Waals surface area contributed by atoms with Crippen LogP contribution in [0.4, 0.5) is 4.39 Å². The van der Waals surface area contributed by atoms with Gasteiger partial charge in [-0.1, -0.05) is 12.1 Å². The van der Waals surface area contributed by atoms with Crippen molar-refractivity contribution in [2.24, 2.45) is 5.73 Å². The zero-order valence-electron chi connectivity index (χ0n) is 17.8. The van der Waals surface area contributed by atoms with Crippen LogP contribution in [0.1, 0.15) is 24.9 Å². The van der Waals surface area contributed by atoms with E-state index in [0.717, 1.165) is 25.1 Å². The van der Waals surface area contributed by atoms with Crippen LogP contribution < -0.4 is 10.5 Å². The SMILES string of the molecule is C[C@@H](c1ccc2nnc(-c3ccc4cc(F)cc(OCCO)c4n3)n2c1)N1CC[C@H](N)C1. The highest BCUT2D eigenvalue weighted by Crippen LogP contribution is 2.30. The minimum absolute atomic E-state index is 0.0553. The Labute approximate surface area is 184 Å². The van der Waals surface area contributed by atoms with Crippen molar-refractivity contribution in [2.45, 2.75) is 25.4 Å². The summed E-state index contributed by atoms with van der Waals surface area (Å²) >= 11 is 0. The molecular weight excluding hydrogens is 411 g/mol. The predicted molar refractivity (Wildman–Crippen MR) is 119 cm³/mol. The van der Waals surface area contributed by atoms with E-state index >= 15 is 0 Å². The monoisotopic (exact) mass is 436 g/mol. The number of halogens is 1. The van der Waals surface area contributed by atoms with Crippen LogP contribution in [-0.4, -0.2) is 61.9 Å². The van der Waals surface area contributed by atoms with E-state index in [9.17, 15) is 4.39 Å². The van der Waals surface area contributed by atoms with Crippen molar-refractivity contribution >= 4 is 16.6 Å². The zero-order valence-corrected chi connectivity index (χ0v) is 17.8. The smallest absolute Gasteiger partial charge is 0.187 e. The molecule has 0 saturated carbocycles. The number of hydrogen-bond donors (Lipinski definition) is 2. The number of ether oxygens (including phenoxy) is 1. The number of rotatable bonds is 6. The number of aliphatic hydroxyl groups excluding tert-OH is 1. The van der Waals surface area contributed by atoms with Crippen LogP contribution in [0.5, 0.6) is 5.75 Å². The van der Waals surface area contributed by atoms with Gasteiger partial charge in [0.25, 0.3) is 0 Å². The number of pyridine rings is 2. The molecule has 32 heavy (non-hydrogen) atoms. The van der Waals surface area contributed by atoms with E-state index < -0.39 is 5.82 Å². The molecule has 9 heteroatoms. The Morgan fingerprint density at radius 1 is 1.25 bits per heavy atom. The van der Waals surface area contributed by atoms with E-state index in [1.165, 1.54) is 12.1 Å². The zero-order chi connectivity index (χ0) is 22.2. The second kappa shape index (κ2) is 8.42. The lowest BCUT2D eigenvalue weighted by Gasteiger charge is -2.24. The molecule has 1 aliphatic heterocycles. The summed E-state index contributed by atoms with van der Waals surface area (Å²) in [7, 11) is 0. The molecule has 1 saturated heterocycles. The summed E-state index contributed by atoms with van der Waals surface area (Å²) in [5, 5.41) is 18.3. The van der Waals surface area contributed by atoms with Crippen molar-refractivity contribution in [2.75, 3.05) is 26.3 Å². The van der Waals surface area contributed by atoms with E-state index in [-0.39, 0.29) is 31.0 Å². The highest BCUT2D eigenvalue weighted by molar-refractivity contribution is 5.86. The molecule has 0 spiro atoms. The van der Waals surface area contributed by atoms with Crippen LogP contribution in [0.15, 0.2) is 42.6 Å². The Morgan fingerprint density at radius 2 is 2.12 bits per heavy atom. The maximum absolute atomic E-state index is 14.0. The van der Waals surface area contributed by atoms with Gasteiger partial charge in [0, 0.05) is 42.8 Å². The van der Waals surface area contributed by atoms with Crippen molar-refractivity contribution in [1.29, 1.82) is 0 Å². The van der Waals surface area contributed by atoms with Gasteiger partial charge in [-0.05, 0) is 37.1 Å². The Hall–Kier alpha value is -3.14. The lowest BCUT2D eigenvalue weighted by molar-refractivity contribution is 0.202. The van der Waals surface area contributed by atoms with Gasteiger partial charge >= 0.3 is 0 Å². The molecule has 0 radical (unpaired) electrons. The molecule has 3 aromatic heterocycles. The van der Waals surface area contributed by atoms with Gasteiger partial charge in [-0.15, -0.1) is 10.2 Å². The largest absolute Gasteiger partial charge is 0.489 e. The average Bonchev–Trinajstić information content (AvgIpc) is 3.42. The summed E-state index contributed by atoms with van der Waals surface area (Å²) in [4.78, 5) is 7.08. The lowest BCUT2D eigenvalue weighted by atomic mass is 10.1. The number of benzene rings is 1. The first-order valence-electron chi connectivity index (χ1n) is 10.7. The first kappa shape index (κ1) is 20.7. The molecule has 8 nitrogen and oxygen atoms in total. The van der Waals surface area contributed by atoms with Gasteiger partial charge in [0.2, 0.25) is 0 Å². The molecule has 0 bridgehead atoms. The second-order valence-electron chi connectivity index (χ2n) is 8.18. The minimum atomic E-state index is -0.423. The van der Waals surface area contributed by atoms with Crippen molar-refractivity contribution in [3.8, 4) is 17.3 Å². The molecule has 0 aliphatic carbocycles. The average molecular weight is 436 g/mol. The number of nitrogens with two attached hydrogens (primary N) is 1. The Kier molecular flexibility index (Phi) is 5.46. The summed E-state index contributed by atoms with van der Waals surface area (Å²) in [5.74, 6) is 0.448. The molecule has 0 unspecified atom stereocenters. The highest BCUT2D eigenvalue weighted by Gasteiger charge is 2.25. The summed E-state index contributed by atoms with van der Waals surface area (Å²) < 4.78 is 21.4. The molecule has 4 aromatic rings. The molecule has 1 aliphatic rings. The molecule has 4 heterocycles. The van der Waals surface area contributed by atoms with Crippen LogP contribution in [0.3, 0.4) is 0 Å². The lowest BCUT2D eigenvalue weighted by Crippen LogP contribution is -2.28. The molecule has 2 atom stereocenters. The maximum atomic E-state index is 14.0. The summed E-state index contributed by atoms with van der Waals surface area (Å²) in [6.45, 7) is 3.93. The number of fused-ring (bicyclic) bond motifs is 2. The number of likely N-dealkylation sites (tertiary alicyclic amines) is 1. The van der Waals surface area contributed by atoms with Crippen LogP contribution in [-0.2, 0) is 0 Å². The van der Waals surface area contributed by atoms with Crippen LogP contribution >= 0.6 is 0 Å². The minimum Gasteiger partial charge on any atom is -0.489 e. The Bertz CT molecular complexity index is 1280. The molecule has 166 valence electrons. The van der Waals surface area contributed by atoms with E-state index in [2.05, 4.69) is 28.1 Å². The molecule has 1 aromatic carbocycles. The molecule has 1 fully saturated rings. The third-order valence-electron chi connectivity index (χ3n) is 6.01. The van der Waals surface area contributed by atoms with E-state index in [1.807, 2.05) is 16.7 Å². The van der Waals surface area contributed by atoms with Gasteiger partial charge in [0.15, 0.2) is 11.5 Å². The third kappa shape index (κ3) is 3.79. The Balaban J connectivity index is 1.56. The Morgan fingerprint density at radius 3 is 2.91 bits per heavy atom. The first-order valence-corrected chi connectivity index (χ1v) is 10.7. The fourth-order valence-corrected chi connectivity index (χ4v) is 4.26. The van der Waals surface area contributed by atoms with Gasteiger partial charge < -0.3 is 15.6 Å². The number of nitrogens with zero attached hydrogens (tertiary/aromatic N) is 5. The topological polar surface area (TPSA) is 102 Å². The fourth-order valence-electron chi connectivity index (χ4n) is 4.26. The summed E-state index contributed by atoms with van der Waals surface area (Å²) in [6, 6.07) is 10.7. The van der Waals surface area contributed by atoms with Crippen molar-refractivity contribution < 1.29 is 14.2 Å². The second-order valence-corrected chi connectivity index (χ2v) is 8.18. The van der Waals surface area contributed by atoms with E-state index in [1.54, 1.807) is 12.1 Å². The third-order valence-corrected chi connectivity index (χ3v) is 6.01. The van der Waals surface area contributed by atoms with E-state index in [4.69, 9.17) is 20.6 Å². The van der Waals surface area contributed by atoms with Gasteiger partial charge in [-0.3, -0.25) is 9.30 Å². The quantitative estimate of drug-likeness (QED) is 0.479. The maximum Gasteiger partial charge on any atom is 0.187 e. The van der Waals surface area contributed by atoms with Crippen molar-refractivity contribution in [1.82, 2.24) is 24.5 Å². The highest BCUT2D eigenvalue weighted by atomic mass is 19.1. The number of aliphatic hydroxyl groups is 1. The number of aromatic nitrogens is 4. The van der Waals surface area contributed by atoms with Crippen LogP contribution in [0.25, 0.3) is 28.1 Å². The van der Waals surface area contributed by atoms with Gasteiger partial charge in [-0.2, -0.15) is 0 Å². The molecule has 5 rings (SSSR count). The van der Waals surface area contributed by atoms with E-state index in [0.29, 0.717) is 28.1 Å². The molecular formula is C23H25FN6O2. The number of hydrogen-bond acceptors (Lipinski definition) is 7. The normalized spacial score (nSPS) is 17.9. The van der Waals surface area contributed by atoms with Crippen LogP contribution in [0.2, 0.25) is 0 Å². The van der Waals surface area contributed by atoms with Crippen molar-refractivity contribution in [3.05, 3.63) is 54.0 Å². The fraction of sp³-hybridized carbons (Fsp3) is 0.348. The summed E-state index contributed by atoms with van der Waals surface area (Å²) in [5.41, 5.74) is 9.05. The van der Waals surface area contributed by atoms with Gasteiger partial charge in [-0.25, -0.2) is 9.37 Å². The van der Waals surface area contributed by atoms with Crippen LogP contribution in [0, 0.1) is 5.82 Å². The predicted octanol–water partition coefficient (Wildman–Crippen LogP) is 2.55. The van der Waals surface area contributed by atoms with Crippen molar-refractivity contribution in [3.63, 3.8) is 0 Å². The standard InChI is InChI=1S/C23H25FN6O2/c1-14(29-7-6-18(25)13-29)16-3-5-21-27-28-23(30(21)12-16)19-4-2-15-10-17(24)11-20(22(15)26-19)32-9-8-31/h2-5,10-12,14,18,31H,6-9,13,25H2,1H3/t14-,18-/m0/s1. The van der Waals surface area contributed by atoms with Gasteiger partial charge in [0.1, 0.15) is 29.4 Å². The molecule has 0 amide bonds. The van der Waals surface area contributed by atoms with Gasteiger partial charge in [0.05, 0.1) is 6.61 Å².